The fourth-order valence-electron chi connectivity index (χ4n) is 2.23. The Morgan fingerprint density at radius 3 is 2.67 bits per heavy atom. The number of halogens is 2. The number of nitrogens with one attached hydrogen (secondary N) is 1. The van der Waals surface area contributed by atoms with Crippen LogP contribution in [0.3, 0.4) is 0 Å². The number of carbonyl (C=O) groups excluding carboxylic acids is 1. The molecule has 0 aliphatic carbocycles. The Kier molecular flexibility index (Phi) is 4.37. The van der Waals surface area contributed by atoms with Crippen LogP contribution in [-0.2, 0) is 6.54 Å². The zero-order valence-electron chi connectivity index (χ0n) is 12.9. The molecule has 1 amide bonds. The first-order valence-electron chi connectivity index (χ1n) is 7.25. The molecule has 2 aromatic heterocycles. The zero-order valence-corrected chi connectivity index (χ0v) is 12.9. The van der Waals surface area contributed by atoms with Gasteiger partial charge in [0.1, 0.15) is 0 Å². The molecule has 0 bridgehead atoms. The van der Waals surface area contributed by atoms with E-state index in [1.807, 2.05) is 31.2 Å². The van der Waals surface area contributed by atoms with Crippen molar-refractivity contribution in [1.82, 2.24) is 19.6 Å². The number of hydrogen-bond acceptors (Lipinski definition) is 3. The van der Waals surface area contributed by atoms with Gasteiger partial charge < -0.3 is 5.32 Å². The van der Waals surface area contributed by atoms with Crippen LogP contribution in [0.5, 0.6) is 0 Å². The quantitative estimate of drug-likeness (QED) is 0.781. The van der Waals surface area contributed by atoms with E-state index < -0.39 is 12.5 Å². The van der Waals surface area contributed by atoms with Gasteiger partial charge in [0.15, 0.2) is 11.5 Å². The standard InChI is InChI=1S/C16H15F2N5O/c1-11-4-2-3-5-12(11)10-22-8-7-14(21-22)19-15(24)13-6-9-23(20-13)16(17)18/h2-9,16H,10H2,1H3,(H,19,21,24). The van der Waals surface area contributed by atoms with Crippen molar-refractivity contribution >= 4 is 11.7 Å². The highest BCUT2D eigenvalue weighted by Crippen LogP contribution is 2.12. The molecule has 8 heteroatoms. The molecule has 3 aromatic rings. The molecule has 124 valence electrons. The summed E-state index contributed by atoms with van der Waals surface area (Å²) >= 11 is 0. The predicted molar refractivity (Wildman–Crippen MR) is 83.9 cm³/mol. The van der Waals surface area contributed by atoms with Gasteiger partial charge in [0, 0.05) is 18.5 Å². The highest BCUT2D eigenvalue weighted by atomic mass is 19.3. The Hall–Kier alpha value is -3.03. The van der Waals surface area contributed by atoms with E-state index in [2.05, 4.69) is 15.5 Å². The Morgan fingerprint density at radius 1 is 1.17 bits per heavy atom. The molecule has 3 rings (SSSR count). The van der Waals surface area contributed by atoms with E-state index in [1.165, 1.54) is 6.07 Å². The second-order valence-corrected chi connectivity index (χ2v) is 5.24. The van der Waals surface area contributed by atoms with E-state index in [9.17, 15) is 13.6 Å². The number of anilines is 1. The Bertz CT molecular complexity index is 856. The summed E-state index contributed by atoms with van der Waals surface area (Å²) < 4.78 is 27.0. The molecular weight excluding hydrogens is 316 g/mol. The summed E-state index contributed by atoms with van der Waals surface area (Å²) in [5, 5.41) is 10.3. The lowest BCUT2D eigenvalue weighted by molar-refractivity contribution is 0.0561. The molecule has 0 aliphatic heterocycles. The molecule has 0 spiro atoms. The molecule has 1 aromatic carbocycles. The van der Waals surface area contributed by atoms with Gasteiger partial charge in [-0.2, -0.15) is 19.0 Å². The minimum Gasteiger partial charge on any atom is -0.304 e. The molecule has 0 saturated carbocycles. The number of carbonyl (C=O) groups is 1. The zero-order chi connectivity index (χ0) is 17.1. The van der Waals surface area contributed by atoms with Crippen LogP contribution in [0.4, 0.5) is 14.6 Å². The lowest BCUT2D eigenvalue weighted by Gasteiger charge is -2.05. The summed E-state index contributed by atoms with van der Waals surface area (Å²) in [6, 6.07) is 10.8. The van der Waals surface area contributed by atoms with Crippen molar-refractivity contribution in [2.45, 2.75) is 20.0 Å². The first-order valence-corrected chi connectivity index (χ1v) is 7.25. The fraction of sp³-hybridized carbons (Fsp3) is 0.188. The van der Waals surface area contributed by atoms with Crippen molar-refractivity contribution in [2.24, 2.45) is 0 Å². The average molecular weight is 331 g/mol. The van der Waals surface area contributed by atoms with Crippen LogP contribution in [0, 0.1) is 6.92 Å². The normalized spacial score (nSPS) is 11.0. The van der Waals surface area contributed by atoms with E-state index in [4.69, 9.17) is 0 Å². The van der Waals surface area contributed by atoms with Crippen LogP contribution >= 0.6 is 0 Å². The molecule has 0 radical (unpaired) electrons. The average Bonchev–Trinajstić information content (AvgIpc) is 3.19. The molecule has 0 saturated heterocycles. The fourth-order valence-corrected chi connectivity index (χ4v) is 2.23. The van der Waals surface area contributed by atoms with Crippen LogP contribution in [0.1, 0.15) is 28.2 Å². The number of rotatable bonds is 5. The van der Waals surface area contributed by atoms with Crippen molar-refractivity contribution < 1.29 is 13.6 Å². The number of benzene rings is 1. The van der Waals surface area contributed by atoms with Gasteiger partial charge in [0.2, 0.25) is 0 Å². The third-order valence-corrected chi connectivity index (χ3v) is 3.52. The monoisotopic (exact) mass is 331 g/mol. The minimum atomic E-state index is -2.78. The van der Waals surface area contributed by atoms with E-state index in [0.29, 0.717) is 17.0 Å². The van der Waals surface area contributed by atoms with Crippen LogP contribution in [-0.4, -0.2) is 25.5 Å². The molecule has 1 N–H and O–H groups in total. The third-order valence-electron chi connectivity index (χ3n) is 3.52. The number of hydrogen-bond donors (Lipinski definition) is 1. The molecule has 0 fully saturated rings. The maximum Gasteiger partial charge on any atom is 0.333 e. The van der Waals surface area contributed by atoms with Gasteiger partial charge in [-0.05, 0) is 24.1 Å². The van der Waals surface area contributed by atoms with E-state index in [1.54, 1.807) is 16.9 Å². The summed E-state index contributed by atoms with van der Waals surface area (Å²) in [5.41, 5.74) is 2.18. The summed E-state index contributed by atoms with van der Waals surface area (Å²) in [4.78, 5) is 12.0. The van der Waals surface area contributed by atoms with Crippen molar-refractivity contribution in [3.63, 3.8) is 0 Å². The molecule has 0 unspecified atom stereocenters. The Morgan fingerprint density at radius 2 is 1.96 bits per heavy atom. The van der Waals surface area contributed by atoms with Crippen LogP contribution < -0.4 is 5.32 Å². The summed E-state index contributed by atoms with van der Waals surface area (Å²) in [5.74, 6) is -0.254. The van der Waals surface area contributed by atoms with Crippen LogP contribution in [0.2, 0.25) is 0 Å². The summed E-state index contributed by atoms with van der Waals surface area (Å²) in [7, 11) is 0. The molecule has 0 aliphatic rings. The second-order valence-electron chi connectivity index (χ2n) is 5.24. The first-order chi connectivity index (χ1) is 11.5. The van der Waals surface area contributed by atoms with Gasteiger partial charge in [-0.1, -0.05) is 24.3 Å². The van der Waals surface area contributed by atoms with Crippen molar-refractivity contribution in [3.8, 4) is 0 Å². The minimum absolute atomic E-state index is 0.0937. The van der Waals surface area contributed by atoms with Gasteiger partial charge in [0.05, 0.1) is 6.54 Å². The van der Waals surface area contributed by atoms with E-state index >= 15 is 0 Å². The van der Waals surface area contributed by atoms with Crippen molar-refractivity contribution in [2.75, 3.05) is 5.32 Å². The lowest BCUT2D eigenvalue weighted by Crippen LogP contribution is -2.14. The topological polar surface area (TPSA) is 64.7 Å². The van der Waals surface area contributed by atoms with Crippen molar-refractivity contribution in [3.05, 3.63) is 65.6 Å². The number of amides is 1. The van der Waals surface area contributed by atoms with Gasteiger partial charge in [-0.3, -0.25) is 9.48 Å². The highest BCUT2D eigenvalue weighted by Gasteiger charge is 2.14. The van der Waals surface area contributed by atoms with Crippen LogP contribution in [0.15, 0.2) is 48.8 Å². The maximum absolute atomic E-state index is 12.5. The smallest absolute Gasteiger partial charge is 0.304 e. The largest absolute Gasteiger partial charge is 0.333 e. The molecule has 6 nitrogen and oxygen atoms in total. The predicted octanol–water partition coefficient (Wildman–Crippen LogP) is 3.08. The molecule has 0 atom stereocenters. The number of aryl methyl sites for hydroxylation is 1. The number of alkyl halides is 2. The van der Waals surface area contributed by atoms with Crippen molar-refractivity contribution in [1.29, 1.82) is 0 Å². The van der Waals surface area contributed by atoms with Gasteiger partial charge in [0.25, 0.3) is 5.91 Å². The molecular formula is C16H15F2N5O. The molecule has 2 heterocycles. The van der Waals surface area contributed by atoms with Gasteiger partial charge in [-0.25, -0.2) is 4.68 Å². The van der Waals surface area contributed by atoms with E-state index in [-0.39, 0.29) is 5.69 Å². The second kappa shape index (κ2) is 6.61. The summed E-state index contributed by atoms with van der Waals surface area (Å²) in [6.07, 6.45) is 2.79. The Balaban J connectivity index is 1.67. The number of nitrogens with zero attached hydrogens (tertiary/aromatic N) is 4. The first kappa shape index (κ1) is 15.9. The van der Waals surface area contributed by atoms with Gasteiger partial charge >= 0.3 is 6.55 Å². The van der Waals surface area contributed by atoms with Gasteiger partial charge in [-0.15, -0.1) is 0 Å². The summed E-state index contributed by atoms with van der Waals surface area (Å²) in [6.45, 7) is -0.191. The van der Waals surface area contributed by atoms with Crippen LogP contribution in [0.25, 0.3) is 0 Å². The SMILES string of the molecule is Cc1ccccc1Cn1ccc(NC(=O)c2ccn(C(F)F)n2)n1. The van der Waals surface area contributed by atoms with E-state index in [0.717, 1.165) is 17.3 Å². The number of aromatic nitrogens is 4. The lowest BCUT2D eigenvalue weighted by atomic mass is 10.1. The maximum atomic E-state index is 12.5. The third kappa shape index (κ3) is 3.48. The molecule has 24 heavy (non-hydrogen) atoms. The Labute approximate surface area is 136 Å². The highest BCUT2D eigenvalue weighted by molar-refractivity contribution is 6.02.